The van der Waals surface area contributed by atoms with Crippen molar-refractivity contribution >= 4 is 32.4 Å². The van der Waals surface area contributed by atoms with Gasteiger partial charge >= 0.3 is 0 Å². The van der Waals surface area contributed by atoms with E-state index >= 15 is 0 Å². The van der Waals surface area contributed by atoms with Crippen LogP contribution in [0.5, 0.6) is 0 Å². The Hall–Kier alpha value is -6.45. The van der Waals surface area contributed by atoms with E-state index in [1.807, 2.05) is 36.4 Å². The van der Waals surface area contributed by atoms with Gasteiger partial charge in [0.2, 0.25) is 0 Å². The van der Waals surface area contributed by atoms with Gasteiger partial charge in [0.1, 0.15) is 0 Å². The van der Waals surface area contributed by atoms with Gasteiger partial charge in [-0.3, -0.25) is 0 Å². The van der Waals surface area contributed by atoms with Gasteiger partial charge in [0.15, 0.2) is 5.82 Å². The van der Waals surface area contributed by atoms with E-state index in [1.54, 1.807) is 0 Å². The molecule has 2 aromatic heterocycles. The van der Waals surface area contributed by atoms with Crippen LogP contribution in [0.25, 0.3) is 88.7 Å². The molecule has 0 aliphatic rings. The van der Waals surface area contributed by atoms with Crippen LogP contribution in [0.3, 0.4) is 0 Å². The minimum Gasteiger partial charge on any atom is -0.247 e. The van der Waals surface area contributed by atoms with Crippen molar-refractivity contribution in [2.45, 2.75) is 0 Å². The molecule has 0 N–H and O–H groups in total. The lowest BCUT2D eigenvalue weighted by atomic mass is 9.93. The second-order valence-electron chi connectivity index (χ2n) is 12.0. The van der Waals surface area contributed by atoms with Crippen LogP contribution >= 0.6 is 0 Å². The first-order valence-electron chi connectivity index (χ1n) is 16.2. The van der Waals surface area contributed by atoms with Crippen molar-refractivity contribution in [3.05, 3.63) is 176 Å². The minimum atomic E-state index is 0.680. The van der Waals surface area contributed by atoms with Gasteiger partial charge in [0.25, 0.3) is 0 Å². The van der Waals surface area contributed by atoms with Gasteiger partial charge in [-0.15, -0.1) is 0 Å². The summed E-state index contributed by atoms with van der Waals surface area (Å²) in [6, 6.07) is 61.4. The van der Waals surface area contributed by atoms with E-state index in [9.17, 15) is 0 Å². The number of fused-ring (bicyclic) bond motifs is 5. The van der Waals surface area contributed by atoms with Crippen molar-refractivity contribution in [1.29, 1.82) is 0 Å². The van der Waals surface area contributed by atoms with Crippen molar-refractivity contribution in [3.63, 3.8) is 0 Å². The van der Waals surface area contributed by atoms with Crippen LogP contribution in [0, 0.1) is 0 Å². The topological polar surface area (TPSA) is 38.7 Å². The van der Waals surface area contributed by atoms with E-state index < -0.39 is 0 Å². The third-order valence-electron chi connectivity index (χ3n) is 9.05. The minimum absolute atomic E-state index is 0.680. The Kier molecular flexibility index (Phi) is 6.80. The summed E-state index contributed by atoms with van der Waals surface area (Å²) in [7, 11) is 0. The lowest BCUT2D eigenvalue weighted by molar-refractivity contribution is 1.18. The molecule has 0 saturated carbocycles. The smallest absolute Gasteiger partial charge is 0.160 e. The van der Waals surface area contributed by atoms with Crippen LogP contribution in [-0.4, -0.2) is 15.0 Å². The molecule has 0 radical (unpaired) electrons. The number of hydrogen-bond acceptors (Lipinski definition) is 3. The van der Waals surface area contributed by atoms with Crippen molar-refractivity contribution in [2.75, 3.05) is 0 Å². The maximum atomic E-state index is 5.39. The van der Waals surface area contributed by atoms with Gasteiger partial charge in [-0.25, -0.2) is 15.0 Å². The molecule has 9 rings (SSSR count). The van der Waals surface area contributed by atoms with Gasteiger partial charge in [0.05, 0.1) is 22.6 Å². The fourth-order valence-corrected chi connectivity index (χ4v) is 6.70. The van der Waals surface area contributed by atoms with Crippen LogP contribution < -0.4 is 0 Å². The Balaban J connectivity index is 1.27. The molecule has 0 unspecified atom stereocenters. The molecule has 0 atom stereocenters. The molecule has 0 amide bonds. The summed E-state index contributed by atoms with van der Waals surface area (Å²) < 4.78 is 0. The van der Waals surface area contributed by atoms with Gasteiger partial charge in [-0.1, -0.05) is 158 Å². The second-order valence-corrected chi connectivity index (χ2v) is 12.0. The molecule has 0 bridgehead atoms. The predicted molar refractivity (Wildman–Crippen MR) is 200 cm³/mol. The van der Waals surface area contributed by atoms with Gasteiger partial charge in [-0.2, -0.15) is 0 Å². The summed E-state index contributed by atoms with van der Waals surface area (Å²) in [5, 5.41) is 5.91. The standard InChI is InChI=1S/C45H29N3/c1-4-13-30(14-5-1)34-24-25-38-42(28-34)46-44(39-26-23-31-15-10-11-22-37(31)43(38)39)35-20-12-21-36(27-35)45-47-40(32-16-6-2-7-17-32)29-41(48-45)33-18-8-3-9-19-33/h1-29H. The summed E-state index contributed by atoms with van der Waals surface area (Å²) in [6.45, 7) is 0. The lowest BCUT2D eigenvalue weighted by Crippen LogP contribution is -1.96. The Labute approximate surface area is 278 Å². The highest BCUT2D eigenvalue weighted by Gasteiger charge is 2.16. The highest BCUT2D eigenvalue weighted by molar-refractivity contribution is 6.22. The molecule has 48 heavy (non-hydrogen) atoms. The number of rotatable bonds is 5. The zero-order chi connectivity index (χ0) is 31.9. The third-order valence-corrected chi connectivity index (χ3v) is 9.05. The lowest BCUT2D eigenvalue weighted by Gasteiger charge is -2.14. The molecule has 3 nitrogen and oxygen atoms in total. The Morgan fingerprint density at radius 2 is 0.896 bits per heavy atom. The van der Waals surface area contributed by atoms with Crippen molar-refractivity contribution in [3.8, 4) is 56.3 Å². The van der Waals surface area contributed by atoms with E-state index in [2.05, 4.69) is 140 Å². The molecule has 0 aliphatic carbocycles. The number of pyridine rings is 1. The fraction of sp³-hybridized carbons (Fsp3) is 0. The summed E-state index contributed by atoms with van der Waals surface area (Å²) in [4.78, 5) is 15.6. The molecular formula is C45H29N3. The number of hydrogen-bond donors (Lipinski definition) is 0. The monoisotopic (exact) mass is 611 g/mol. The van der Waals surface area contributed by atoms with Crippen LogP contribution in [0.15, 0.2) is 176 Å². The quantitative estimate of drug-likeness (QED) is 0.182. The molecule has 224 valence electrons. The third kappa shape index (κ3) is 4.99. The fourth-order valence-electron chi connectivity index (χ4n) is 6.70. The van der Waals surface area contributed by atoms with E-state index in [1.165, 1.54) is 21.7 Å². The first-order valence-corrected chi connectivity index (χ1v) is 16.2. The van der Waals surface area contributed by atoms with Gasteiger partial charge in [-0.05, 0) is 40.1 Å². The first-order chi connectivity index (χ1) is 23.8. The summed E-state index contributed by atoms with van der Waals surface area (Å²) >= 11 is 0. The largest absolute Gasteiger partial charge is 0.247 e. The maximum absolute atomic E-state index is 5.39. The molecule has 0 saturated heterocycles. The van der Waals surface area contributed by atoms with Crippen LogP contribution in [0.1, 0.15) is 0 Å². The molecule has 0 aliphatic heterocycles. The average Bonchev–Trinajstić information content (AvgIpc) is 3.18. The number of nitrogens with zero attached hydrogens (tertiary/aromatic N) is 3. The Morgan fingerprint density at radius 3 is 1.60 bits per heavy atom. The zero-order valence-corrected chi connectivity index (χ0v) is 26.1. The Bertz CT molecular complexity index is 2540. The molecule has 2 heterocycles. The Morgan fingerprint density at radius 1 is 0.312 bits per heavy atom. The zero-order valence-electron chi connectivity index (χ0n) is 26.1. The summed E-state index contributed by atoms with van der Waals surface area (Å²) in [6.07, 6.45) is 0. The van der Waals surface area contributed by atoms with E-state index in [4.69, 9.17) is 15.0 Å². The second kappa shape index (κ2) is 11.7. The summed E-state index contributed by atoms with van der Waals surface area (Å²) in [5.41, 5.74) is 10.1. The predicted octanol–water partition coefficient (Wildman–Crippen LogP) is 11.7. The van der Waals surface area contributed by atoms with Crippen molar-refractivity contribution < 1.29 is 0 Å². The highest BCUT2D eigenvalue weighted by Crippen LogP contribution is 2.39. The van der Waals surface area contributed by atoms with Crippen LogP contribution in [0.2, 0.25) is 0 Å². The van der Waals surface area contributed by atoms with E-state index in [0.717, 1.165) is 61.2 Å². The number of benzene rings is 7. The molecule has 0 fully saturated rings. The van der Waals surface area contributed by atoms with Crippen LogP contribution in [0.4, 0.5) is 0 Å². The average molecular weight is 612 g/mol. The summed E-state index contributed by atoms with van der Waals surface area (Å²) in [5.74, 6) is 0.680. The molecular weight excluding hydrogens is 583 g/mol. The van der Waals surface area contributed by atoms with E-state index in [0.29, 0.717) is 5.82 Å². The van der Waals surface area contributed by atoms with Gasteiger partial charge in [0, 0.05) is 38.4 Å². The molecule has 9 aromatic rings. The molecule has 3 heteroatoms. The number of aromatic nitrogens is 3. The first kappa shape index (κ1) is 27.8. The van der Waals surface area contributed by atoms with Crippen LogP contribution in [-0.2, 0) is 0 Å². The molecule has 0 spiro atoms. The molecule has 7 aromatic carbocycles. The SMILES string of the molecule is c1ccc(-c2ccc3c(c2)nc(-c2cccc(-c4nc(-c5ccccc5)cc(-c5ccccc5)n4)c2)c2ccc4ccccc4c23)cc1. The van der Waals surface area contributed by atoms with Crippen molar-refractivity contribution in [2.24, 2.45) is 0 Å². The highest BCUT2D eigenvalue weighted by atomic mass is 14.9. The maximum Gasteiger partial charge on any atom is 0.160 e. The normalized spacial score (nSPS) is 11.3. The van der Waals surface area contributed by atoms with E-state index in [-0.39, 0.29) is 0 Å². The van der Waals surface area contributed by atoms with Gasteiger partial charge < -0.3 is 0 Å². The van der Waals surface area contributed by atoms with Crippen molar-refractivity contribution in [1.82, 2.24) is 15.0 Å².